The highest BCUT2D eigenvalue weighted by molar-refractivity contribution is 7.99. The highest BCUT2D eigenvalue weighted by atomic mass is 32.2. The molecule has 0 saturated carbocycles. The predicted octanol–water partition coefficient (Wildman–Crippen LogP) is 9.18. The first kappa shape index (κ1) is 24.2. The number of fused-ring (bicyclic) bond motifs is 2. The van der Waals surface area contributed by atoms with Gasteiger partial charge in [-0.3, -0.25) is 9.97 Å². The second-order valence-electron chi connectivity index (χ2n) is 8.50. The number of benzene rings is 4. The first-order valence-corrected chi connectivity index (χ1v) is 12.8. The Morgan fingerprint density at radius 1 is 0.487 bits per heavy atom. The van der Waals surface area contributed by atoms with E-state index in [1.165, 1.54) is 0 Å². The van der Waals surface area contributed by atoms with E-state index in [4.69, 9.17) is 0 Å². The molecule has 0 amide bonds. The lowest BCUT2D eigenvalue weighted by Gasteiger charge is -2.04. The van der Waals surface area contributed by atoms with E-state index in [0.717, 1.165) is 31.9 Å². The average molecular weight is 529 g/mol. The van der Waals surface area contributed by atoms with E-state index in [9.17, 15) is 10.2 Å². The van der Waals surface area contributed by atoms with Gasteiger partial charge in [0.05, 0.1) is 22.7 Å². The molecule has 6 rings (SSSR count). The van der Waals surface area contributed by atoms with Gasteiger partial charge in [0.2, 0.25) is 0 Å². The van der Waals surface area contributed by atoms with Gasteiger partial charge in [0.15, 0.2) is 0 Å². The summed E-state index contributed by atoms with van der Waals surface area (Å²) >= 11 is 1.62. The molecule has 0 atom stereocenters. The summed E-state index contributed by atoms with van der Waals surface area (Å²) in [5, 5.41) is 38.9. The number of aromatic hydroxyl groups is 2. The lowest BCUT2D eigenvalue weighted by Crippen LogP contribution is -1.79. The summed E-state index contributed by atoms with van der Waals surface area (Å²) in [5.74, 6) is 0.232. The van der Waals surface area contributed by atoms with Gasteiger partial charge in [0.1, 0.15) is 22.5 Å². The van der Waals surface area contributed by atoms with Gasteiger partial charge < -0.3 is 10.2 Å². The van der Waals surface area contributed by atoms with E-state index in [2.05, 4.69) is 30.4 Å². The minimum Gasteiger partial charge on any atom is -0.506 e. The van der Waals surface area contributed by atoms with Crippen molar-refractivity contribution in [3.05, 3.63) is 109 Å². The molecular formula is C30H20N6O2S. The van der Waals surface area contributed by atoms with E-state index >= 15 is 0 Å². The van der Waals surface area contributed by atoms with Crippen molar-refractivity contribution >= 4 is 56.3 Å². The quantitative estimate of drug-likeness (QED) is 0.209. The number of rotatable bonds is 6. The van der Waals surface area contributed by atoms with Crippen molar-refractivity contribution in [2.24, 2.45) is 20.5 Å². The van der Waals surface area contributed by atoms with Crippen LogP contribution in [0.3, 0.4) is 0 Å². The molecule has 188 valence electrons. The fourth-order valence-corrected chi connectivity index (χ4v) is 4.80. The van der Waals surface area contributed by atoms with Crippen molar-refractivity contribution in [3.8, 4) is 11.5 Å². The van der Waals surface area contributed by atoms with E-state index < -0.39 is 0 Å². The minimum atomic E-state index is 0.116. The normalized spacial score (nSPS) is 11.7. The highest BCUT2D eigenvalue weighted by Gasteiger charge is 2.07. The summed E-state index contributed by atoms with van der Waals surface area (Å²) in [6.45, 7) is 0. The number of phenolic OH excluding ortho intramolecular Hbond substituents is 2. The first-order chi connectivity index (χ1) is 19.1. The summed E-state index contributed by atoms with van der Waals surface area (Å²) in [5.41, 5.74) is 3.72. The number of hydrogen-bond donors (Lipinski definition) is 2. The first-order valence-electron chi connectivity index (χ1n) is 12.0. The zero-order valence-corrected chi connectivity index (χ0v) is 21.2. The molecule has 2 N–H and O–H groups in total. The lowest BCUT2D eigenvalue weighted by molar-refractivity contribution is 0.480. The molecule has 0 saturated heterocycles. The summed E-state index contributed by atoms with van der Waals surface area (Å²) in [7, 11) is 0. The number of pyridine rings is 2. The zero-order valence-electron chi connectivity index (χ0n) is 20.4. The van der Waals surface area contributed by atoms with Crippen molar-refractivity contribution in [3.63, 3.8) is 0 Å². The summed E-state index contributed by atoms with van der Waals surface area (Å²) in [6, 6.07) is 29.5. The van der Waals surface area contributed by atoms with E-state index in [-0.39, 0.29) is 11.5 Å². The van der Waals surface area contributed by atoms with Gasteiger partial charge in [-0.15, -0.1) is 10.2 Å². The van der Waals surface area contributed by atoms with E-state index in [1.54, 1.807) is 60.6 Å². The Balaban J connectivity index is 1.12. The Bertz CT molecular complexity index is 1720. The van der Waals surface area contributed by atoms with Crippen molar-refractivity contribution in [2.75, 3.05) is 0 Å². The third-order valence-corrected chi connectivity index (χ3v) is 6.92. The van der Waals surface area contributed by atoms with Gasteiger partial charge in [0, 0.05) is 33.0 Å². The smallest absolute Gasteiger partial charge is 0.141 e. The monoisotopic (exact) mass is 528 g/mol. The van der Waals surface area contributed by atoms with Crippen LogP contribution in [-0.4, -0.2) is 20.2 Å². The minimum absolute atomic E-state index is 0.116. The molecule has 6 aromatic rings. The van der Waals surface area contributed by atoms with Gasteiger partial charge in [-0.05, 0) is 97.1 Å². The maximum Gasteiger partial charge on any atom is 0.141 e. The Hall–Kier alpha value is -5.15. The Labute approximate surface area is 227 Å². The topological polar surface area (TPSA) is 116 Å². The number of aromatic nitrogens is 2. The number of phenols is 2. The largest absolute Gasteiger partial charge is 0.506 e. The average Bonchev–Trinajstić information content (AvgIpc) is 2.98. The molecular weight excluding hydrogens is 508 g/mol. The molecule has 0 aliphatic carbocycles. The molecule has 4 aromatic carbocycles. The SMILES string of the molecule is Oc1ccc(N=Nc2ccc(Sc3ccc(N=Nc4ccc(O)c5ncccc45)cc3)cc2)c2cccnc12. The Morgan fingerprint density at radius 3 is 1.36 bits per heavy atom. The summed E-state index contributed by atoms with van der Waals surface area (Å²) in [4.78, 5) is 10.6. The second-order valence-corrected chi connectivity index (χ2v) is 9.64. The van der Waals surface area contributed by atoms with E-state index in [0.29, 0.717) is 22.4 Å². The van der Waals surface area contributed by atoms with E-state index in [1.807, 2.05) is 60.7 Å². The molecule has 0 radical (unpaired) electrons. The zero-order chi connectivity index (χ0) is 26.6. The van der Waals surface area contributed by atoms with Gasteiger partial charge in [0.25, 0.3) is 0 Å². The molecule has 0 bridgehead atoms. The maximum absolute atomic E-state index is 10.0. The van der Waals surface area contributed by atoms with Crippen LogP contribution in [0.2, 0.25) is 0 Å². The molecule has 39 heavy (non-hydrogen) atoms. The van der Waals surface area contributed by atoms with Gasteiger partial charge in [-0.25, -0.2) is 0 Å². The molecule has 0 spiro atoms. The lowest BCUT2D eigenvalue weighted by atomic mass is 10.2. The molecule has 0 unspecified atom stereocenters. The van der Waals surface area contributed by atoms with Gasteiger partial charge in [-0.2, -0.15) is 10.2 Å². The molecule has 2 heterocycles. The number of hydrogen-bond acceptors (Lipinski definition) is 9. The number of azo groups is 2. The van der Waals surface area contributed by atoms with Crippen LogP contribution in [0.15, 0.2) is 140 Å². The standard InChI is InChI=1S/C30H20N6O2S/c37-27-15-13-25(23-3-1-17-31-29(23)27)35-33-19-5-9-21(10-6-19)39-22-11-7-20(8-12-22)34-36-26-14-16-28(38)30-24(26)4-2-18-32-30/h1-18,37-38H. The van der Waals surface area contributed by atoms with Crippen LogP contribution in [0.4, 0.5) is 22.7 Å². The molecule has 0 aliphatic heterocycles. The highest BCUT2D eigenvalue weighted by Crippen LogP contribution is 2.35. The fourth-order valence-electron chi connectivity index (χ4n) is 3.98. The van der Waals surface area contributed by atoms with Crippen LogP contribution in [0.5, 0.6) is 11.5 Å². The van der Waals surface area contributed by atoms with Crippen LogP contribution >= 0.6 is 11.8 Å². The van der Waals surface area contributed by atoms with Gasteiger partial charge in [-0.1, -0.05) is 11.8 Å². The molecule has 8 nitrogen and oxygen atoms in total. The summed E-state index contributed by atoms with van der Waals surface area (Å²) in [6.07, 6.45) is 3.27. The van der Waals surface area contributed by atoms with Crippen LogP contribution in [-0.2, 0) is 0 Å². The third kappa shape index (κ3) is 5.29. The molecule has 0 fully saturated rings. The third-order valence-electron chi connectivity index (χ3n) is 5.91. The second kappa shape index (κ2) is 10.7. The predicted molar refractivity (Wildman–Crippen MR) is 152 cm³/mol. The fraction of sp³-hybridized carbons (Fsp3) is 0. The number of nitrogens with zero attached hydrogens (tertiary/aromatic N) is 6. The van der Waals surface area contributed by atoms with Crippen LogP contribution in [0.1, 0.15) is 0 Å². The van der Waals surface area contributed by atoms with Crippen LogP contribution in [0.25, 0.3) is 21.8 Å². The Morgan fingerprint density at radius 2 is 0.923 bits per heavy atom. The molecule has 2 aromatic heterocycles. The van der Waals surface area contributed by atoms with Crippen molar-refractivity contribution in [2.45, 2.75) is 9.79 Å². The summed E-state index contributed by atoms with van der Waals surface area (Å²) < 4.78 is 0. The van der Waals surface area contributed by atoms with Crippen molar-refractivity contribution in [1.82, 2.24) is 9.97 Å². The molecule has 9 heteroatoms. The van der Waals surface area contributed by atoms with Crippen molar-refractivity contribution in [1.29, 1.82) is 0 Å². The maximum atomic E-state index is 10.0. The van der Waals surface area contributed by atoms with Crippen LogP contribution in [0, 0.1) is 0 Å². The Kier molecular flexibility index (Phi) is 6.63. The van der Waals surface area contributed by atoms with Crippen molar-refractivity contribution < 1.29 is 10.2 Å². The molecule has 0 aliphatic rings. The van der Waals surface area contributed by atoms with Gasteiger partial charge >= 0.3 is 0 Å². The van der Waals surface area contributed by atoms with Crippen LogP contribution < -0.4 is 0 Å².